The number of rotatable bonds is 9. The van der Waals surface area contributed by atoms with Crippen LogP contribution in [0.15, 0.2) is 35.1 Å². The molecule has 4 N–H and O–H groups in total. The summed E-state index contributed by atoms with van der Waals surface area (Å²) in [6, 6.07) is 8.28. The first-order valence-corrected chi connectivity index (χ1v) is 11.4. The number of carbonyl (C=O) groups excluding carboxylic acids is 2. The van der Waals surface area contributed by atoms with Crippen molar-refractivity contribution in [3.8, 4) is 0 Å². The lowest BCUT2D eigenvalue weighted by molar-refractivity contribution is -0.140. The molecule has 3 rings (SSSR count). The molecule has 0 saturated carbocycles. The summed E-state index contributed by atoms with van der Waals surface area (Å²) in [5.74, 6) is -0.505. The van der Waals surface area contributed by atoms with Gasteiger partial charge in [0.2, 0.25) is 11.8 Å². The number of nitrogens with one attached hydrogen (secondary N) is 3. The third-order valence-corrected chi connectivity index (χ3v) is 5.75. The number of benzene rings is 1. The molecule has 1 aromatic heterocycles. The van der Waals surface area contributed by atoms with Gasteiger partial charge in [-0.1, -0.05) is 37.3 Å². The van der Waals surface area contributed by atoms with E-state index < -0.39 is 29.5 Å². The van der Waals surface area contributed by atoms with Crippen LogP contribution in [-0.4, -0.2) is 62.6 Å². The fourth-order valence-electron chi connectivity index (χ4n) is 3.76. The molecule has 1 atom stereocenters. The van der Waals surface area contributed by atoms with Crippen molar-refractivity contribution in [2.24, 2.45) is 0 Å². The Labute approximate surface area is 202 Å². The number of aryl methyl sites for hydroxylation is 1. The number of amides is 3. The second kappa shape index (κ2) is 11.1. The van der Waals surface area contributed by atoms with Crippen molar-refractivity contribution < 1.29 is 24.2 Å². The summed E-state index contributed by atoms with van der Waals surface area (Å²) in [6.07, 6.45) is -0.354. The largest absolute Gasteiger partial charge is 0.465 e. The first-order chi connectivity index (χ1) is 16.6. The van der Waals surface area contributed by atoms with Crippen LogP contribution in [0.1, 0.15) is 43.4 Å². The van der Waals surface area contributed by atoms with Gasteiger partial charge in [-0.15, -0.1) is 0 Å². The number of hydrogen-bond acceptors (Lipinski definition) is 6. The van der Waals surface area contributed by atoms with Crippen molar-refractivity contribution in [2.75, 3.05) is 13.2 Å². The second-order valence-electron chi connectivity index (χ2n) is 8.88. The lowest BCUT2D eigenvalue weighted by Gasteiger charge is -2.33. The van der Waals surface area contributed by atoms with Crippen LogP contribution in [0.2, 0.25) is 0 Å². The highest BCUT2D eigenvalue weighted by Gasteiger charge is 2.35. The van der Waals surface area contributed by atoms with Crippen molar-refractivity contribution in [1.82, 2.24) is 25.5 Å². The van der Waals surface area contributed by atoms with Crippen LogP contribution in [0.3, 0.4) is 0 Å². The van der Waals surface area contributed by atoms with Crippen molar-refractivity contribution in [3.05, 3.63) is 63.3 Å². The molecule has 2 aromatic rings. The Hall–Kier alpha value is -3.73. The molecule has 1 unspecified atom stereocenters. The van der Waals surface area contributed by atoms with Crippen molar-refractivity contribution in [1.29, 1.82) is 0 Å². The van der Waals surface area contributed by atoms with Gasteiger partial charge in [0.25, 0.3) is 5.56 Å². The minimum atomic E-state index is -1.48. The van der Waals surface area contributed by atoms with Crippen molar-refractivity contribution >= 4 is 17.9 Å². The van der Waals surface area contributed by atoms with E-state index in [1.807, 2.05) is 37.3 Å². The highest BCUT2D eigenvalue weighted by atomic mass is 16.5. The lowest BCUT2D eigenvalue weighted by Crippen LogP contribution is -2.60. The zero-order valence-corrected chi connectivity index (χ0v) is 20.1. The number of aromatic amines is 1. The van der Waals surface area contributed by atoms with Gasteiger partial charge >= 0.3 is 6.09 Å². The highest BCUT2D eigenvalue weighted by Crippen LogP contribution is 2.16. The monoisotopic (exact) mass is 485 g/mol. The van der Waals surface area contributed by atoms with Gasteiger partial charge in [0.1, 0.15) is 17.4 Å². The highest BCUT2D eigenvalue weighted by molar-refractivity contribution is 5.93. The van der Waals surface area contributed by atoms with Crippen LogP contribution in [0, 0.1) is 0 Å². The summed E-state index contributed by atoms with van der Waals surface area (Å²) in [5.41, 5.74) is 0.231. The summed E-state index contributed by atoms with van der Waals surface area (Å²) in [4.78, 5) is 58.6. The average Bonchev–Trinajstić information content (AvgIpc) is 2.82. The van der Waals surface area contributed by atoms with E-state index in [9.17, 15) is 19.2 Å². The van der Waals surface area contributed by atoms with E-state index in [1.165, 1.54) is 18.7 Å². The Kier molecular flexibility index (Phi) is 8.23. The molecule has 3 amide bonds. The van der Waals surface area contributed by atoms with E-state index in [0.717, 1.165) is 5.56 Å². The van der Waals surface area contributed by atoms with Crippen LogP contribution in [0.4, 0.5) is 4.79 Å². The second-order valence-corrected chi connectivity index (χ2v) is 8.88. The van der Waals surface area contributed by atoms with Gasteiger partial charge in [-0.3, -0.25) is 14.4 Å². The molecule has 35 heavy (non-hydrogen) atoms. The van der Waals surface area contributed by atoms with Gasteiger partial charge in [-0.25, -0.2) is 9.78 Å². The van der Waals surface area contributed by atoms with E-state index in [2.05, 4.69) is 20.6 Å². The number of carbonyl (C=O) groups is 3. The number of hydrogen-bond donors (Lipinski definition) is 4. The fourth-order valence-corrected chi connectivity index (χ4v) is 3.76. The number of aromatic nitrogens is 2. The van der Waals surface area contributed by atoms with Gasteiger partial charge in [0, 0.05) is 19.4 Å². The normalized spacial score (nSPS) is 14.1. The lowest BCUT2D eigenvalue weighted by atomic mass is 10.0. The molecule has 0 aliphatic carbocycles. The minimum Gasteiger partial charge on any atom is -0.465 e. The first kappa shape index (κ1) is 25.9. The molecule has 1 aliphatic heterocycles. The van der Waals surface area contributed by atoms with E-state index in [4.69, 9.17) is 9.84 Å². The molecule has 0 spiro atoms. The maximum atomic E-state index is 13.4. The molecule has 11 heteroatoms. The molecule has 11 nitrogen and oxygen atoms in total. The smallest absolute Gasteiger partial charge is 0.405 e. The van der Waals surface area contributed by atoms with Crippen molar-refractivity contribution in [2.45, 2.75) is 58.3 Å². The average molecular weight is 486 g/mol. The van der Waals surface area contributed by atoms with Crippen LogP contribution >= 0.6 is 0 Å². The molecular weight excluding hydrogens is 454 g/mol. The molecule has 0 radical (unpaired) electrons. The Morgan fingerprint density at radius 1 is 1.26 bits per heavy atom. The number of fused-ring (bicyclic) bond motifs is 1. The van der Waals surface area contributed by atoms with Crippen LogP contribution in [0.5, 0.6) is 0 Å². The number of H-pyrrole nitrogens is 1. The Bertz CT molecular complexity index is 1130. The maximum absolute atomic E-state index is 13.4. The number of nitrogens with zero attached hydrogens (tertiary/aromatic N) is 2. The molecular formula is C24H31N5O6. The van der Waals surface area contributed by atoms with Gasteiger partial charge in [-0.2, -0.15) is 0 Å². The first-order valence-electron chi connectivity index (χ1n) is 11.4. The SMILES string of the molecule is CCc1nc2c(c(=O)[nH]1)CN(C(=O)C(COCc1ccccc1)NC(=O)C(C)(C)NC(=O)O)CC2. The number of ether oxygens (including phenoxy) is 1. The van der Waals surface area contributed by atoms with Crippen LogP contribution < -0.4 is 16.2 Å². The third kappa shape index (κ3) is 6.66. The summed E-state index contributed by atoms with van der Waals surface area (Å²) in [6.45, 7) is 5.17. The molecule has 0 fully saturated rings. The summed E-state index contributed by atoms with van der Waals surface area (Å²) in [7, 11) is 0. The molecule has 1 aromatic carbocycles. The number of carboxylic acid groups (broad SMARTS) is 1. The predicted molar refractivity (Wildman–Crippen MR) is 127 cm³/mol. The van der Waals surface area contributed by atoms with Gasteiger partial charge < -0.3 is 30.4 Å². The van der Waals surface area contributed by atoms with E-state index in [-0.39, 0.29) is 25.3 Å². The standard InChI is InChI=1S/C24H31N5O6/c1-4-19-25-17-10-11-29(12-16(17)20(30)27-19)21(31)18(14-35-13-15-8-6-5-7-9-15)26-22(32)24(2,3)28-23(33)34/h5-9,18,28H,4,10-14H2,1-3H3,(H,26,32)(H,33,34)(H,25,27,30). The van der Waals surface area contributed by atoms with Crippen molar-refractivity contribution in [3.63, 3.8) is 0 Å². The third-order valence-electron chi connectivity index (χ3n) is 5.75. The molecule has 0 bridgehead atoms. The summed E-state index contributed by atoms with van der Waals surface area (Å²) in [5, 5.41) is 13.8. The van der Waals surface area contributed by atoms with E-state index in [1.54, 1.807) is 0 Å². The topological polar surface area (TPSA) is 154 Å². The molecule has 2 heterocycles. The maximum Gasteiger partial charge on any atom is 0.405 e. The zero-order chi connectivity index (χ0) is 25.6. The quantitative estimate of drug-likeness (QED) is 0.413. The van der Waals surface area contributed by atoms with Gasteiger partial charge in [0.15, 0.2) is 0 Å². The zero-order valence-electron chi connectivity index (χ0n) is 20.1. The molecule has 1 aliphatic rings. The Morgan fingerprint density at radius 3 is 2.63 bits per heavy atom. The van der Waals surface area contributed by atoms with Gasteiger partial charge in [0.05, 0.1) is 31.0 Å². The molecule has 0 saturated heterocycles. The molecule has 188 valence electrons. The Morgan fingerprint density at radius 2 is 1.97 bits per heavy atom. The minimum absolute atomic E-state index is 0.0579. The van der Waals surface area contributed by atoms with E-state index in [0.29, 0.717) is 36.5 Å². The van der Waals surface area contributed by atoms with Gasteiger partial charge in [-0.05, 0) is 19.4 Å². The van der Waals surface area contributed by atoms with Crippen LogP contribution in [0.25, 0.3) is 0 Å². The fraction of sp³-hybridized carbons (Fsp3) is 0.458. The Balaban J connectivity index is 1.76. The van der Waals surface area contributed by atoms with Crippen LogP contribution in [-0.2, 0) is 40.3 Å². The van der Waals surface area contributed by atoms with E-state index >= 15 is 0 Å². The predicted octanol–water partition coefficient (Wildman–Crippen LogP) is 0.965. The summed E-state index contributed by atoms with van der Waals surface area (Å²) < 4.78 is 5.73. The summed E-state index contributed by atoms with van der Waals surface area (Å²) >= 11 is 0.